The van der Waals surface area contributed by atoms with Crippen LogP contribution in [0, 0.1) is 10.1 Å². The van der Waals surface area contributed by atoms with Gasteiger partial charge in [0.2, 0.25) is 5.91 Å². The number of nitrogens with zero attached hydrogens (tertiary/aromatic N) is 2. The van der Waals surface area contributed by atoms with E-state index in [9.17, 15) is 24.5 Å². The highest BCUT2D eigenvalue weighted by Crippen LogP contribution is 2.46. The van der Waals surface area contributed by atoms with Gasteiger partial charge in [0, 0.05) is 19.2 Å². The Morgan fingerprint density at radius 1 is 1.25 bits per heavy atom. The highest BCUT2D eigenvalue weighted by molar-refractivity contribution is 8.04. The molecule has 10 nitrogen and oxygen atoms in total. The molecule has 2 aliphatic heterocycles. The van der Waals surface area contributed by atoms with Gasteiger partial charge in [0.05, 0.1) is 21.6 Å². The van der Waals surface area contributed by atoms with E-state index in [2.05, 4.69) is 4.74 Å². The number of carbonyl (C=O) groups excluding carboxylic acids is 3. The van der Waals surface area contributed by atoms with E-state index in [-0.39, 0.29) is 42.5 Å². The quantitative estimate of drug-likeness (QED) is 0.271. The van der Waals surface area contributed by atoms with Crippen molar-refractivity contribution in [2.45, 2.75) is 18.4 Å². The number of thioether (sulfide) groups is 1. The molecular weight excluding hydrogens is 392 g/mol. The first kappa shape index (κ1) is 19.8. The van der Waals surface area contributed by atoms with Crippen molar-refractivity contribution in [3.63, 3.8) is 0 Å². The summed E-state index contributed by atoms with van der Waals surface area (Å²) in [5.41, 5.74) is 0.558. The number of methoxy groups -OCH3 is 1. The summed E-state index contributed by atoms with van der Waals surface area (Å²) in [5.74, 6) is -1.52. The summed E-state index contributed by atoms with van der Waals surface area (Å²) in [4.78, 5) is 47.8. The van der Waals surface area contributed by atoms with E-state index in [0.717, 1.165) is 0 Å². The van der Waals surface area contributed by atoms with E-state index in [1.54, 1.807) is 0 Å². The second-order valence-corrected chi connectivity index (χ2v) is 7.18. The van der Waals surface area contributed by atoms with E-state index in [1.165, 1.54) is 48.0 Å². The third-order valence-corrected chi connectivity index (χ3v) is 5.27. The van der Waals surface area contributed by atoms with Crippen LogP contribution in [-0.2, 0) is 35.2 Å². The van der Waals surface area contributed by atoms with Gasteiger partial charge in [-0.2, -0.15) is 0 Å². The lowest BCUT2D eigenvalue weighted by Gasteiger charge is -2.34. The first-order valence-electron chi connectivity index (χ1n) is 8.17. The van der Waals surface area contributed by atoms with Crippen LogP contribution in [0.25, 0.3) is 0 Å². The number of esters is 2. The average Bonchev–Trinajstić information content (AvgIpc) is 2.97. The van der Waals surface area contributed by atoms with Crippen LogP contribution in [0.3, 0.4) is 0 Å². The van der Waals surface area contributed by atoms with Gasteiger partial charge in [-0.3, -0.25) is 19.8 Å². The van der Waals surface area contributed by atoms with Crippen molar-refractivity contribution in [3.05, 3.63) is 50.5 Å². The van der Waals surface area contributed by atoms with Crippen molar-refractivity contribution in [1.82, 2.24) is 4.90 Å². The lowest BCUT2D eigenvalue weighted by molar-refractivity contribution is -0.384. The second kappa shape index (κ2) is 8.40. The van der Waals surface area contributed by atoms with Crippen LogP contribution in [0.1, 0.15) is 12.0 Å². The largest absolute Gasteiger partial charge is 0.458 e. The fourth-order valence-electron chi connectivity index (χ4n) is 2.66. The van der Waals surface area contributed by atoms with Crippen molar-refractivity contribution in [2.24, 2.45) is 0 Å². The first-order chi connectivity index (χ1) is 13.4. The topological polar surface area (TPSA) is 125 Å². The Morgan fingerprint density at radius 3 is 2.57 bits per heavy atom. The van der Waals surface area contributed by atoms with E-state index in [1.807, 2.05) is 0 Å². The number of nitro groups is 1. The van der Waals surface area contributed by atoms with Crippen LogP contribution in [0.15, 0.2) is 34.9 Å². The maximum atomic E-state index is 12.5. The molecule has 1 aromatic carbocycles. The average molecular weight is 408 g/mol. The number of benzene rings is 1. The Morgan fingerprint density at radius 2 is 1.96 bits per heavy atom. The standard InChI is InChI=1S/C17H16N2O8S/c1-25-9-15(21)26-8-12-16(18-13(20)6-14(18)28-12)17(22)27-7-10-2-4-11(5-3-10)19(23)24/h2-5,14H,6-9H2,1H3/t14-/m1/s1. The van der Waals surface area contributed by atoms with E-state index >= 15 is 0 Å². The molecule has 0 spiro atoms. The number of hydrogen-bond acceptors (Lipinski definition) is 9. The molecule has 1 saturated heterocycles. The van der Waals surface area contributed by atoms with Gasteiger partial charge in [0.1, 0.15) is 25.5 Å². The molecule has 2 aliphatic rings. The maximum absolute atomic E-state index is 12.5. The molecule has 0 unspecified atom stereocenters. The fourth-order valence-corrected chi connectivity index (χ4v) is 3.96. The normalized spacial score (nSPS) is 17.8. The zero-order valence-electron chi connectivity index (χ0n) is 14.8. The van der Waals surface area contributed by atoms with Gasteiger partial charge in [0.25, 0.3) is 5.69 Å². The lowest BCUT2D eigenvalue weighted by atomic mass is 10.1. The lowest BCUT2D eigenvalue weighted by Crippen LogP contribution is -2.48. The van der Waals surface area contributed by atoms with Crippen molar-refractivity contribution < 1.29 is 33.5 Å². The summed E-state index contributed by atoms with van der Waals surface area (Å²) >= 11 is 1.28. The van der Waals surface area contributed by atoms with Gasteiger partial charge >= 0.3 is 11.9 Å². The van der Waals surface area contributed by atoms with Gasteiger partial charge < -0.3 is 14.2 Å². The van der Waals surface area contributed by atoms with Crippen LogP contribution in [0.4, 0.5) is 5.69 Å². The fraction of sp³-hybridized carbons (Fsp3) is 0.353. The van der Waals surface area contributed by atoms with Crippen molar-refractivity contribution in [1.29, 1.82) is 0 Å². The molecule has 28 heavy (non-hydrogen) atoms. The Hall–Kier alpha value is -2.92. The van der Waals surface area contributed by atoms with Gasteiger partial charge in [-0.1, -0.05) is 11.8 Å². The second-order valence-electron chi connectivity index (χ2n) is 5.91. The molecule has 11 heteroatoms. The van der Waals surface area contributed by atoms with Crippen molar-refractivity contribution in [3.8, 4) is 0 Å². The number of non-ortho nitro benzene ring substituents is 1. The van der Waals surface area contributed by atoms with Gasteiger partial charge in [0.15, 0.2) is 0 Å². The molecule has 0 saturated carbocycles. The van der Waals surface area contributed by atoms with E-state index < -0.39 is 16.9 Å². The minimum atomic E-state index is -0.723. The predicted molar refractivity (Wildman–Crippen MR) is 95.6 cm³/mol. The number of ether oxygens (including phenoxy) is 3. The molecule has 3 rings (SSSR count). The molecule has 0 bridgehead atoms. The Kier molecular flexibility index (Phi) is 5.95. The Balaban J connectivity index is 1.67. The summed E-state index contributed by atoms with van der Waals surface area (Å²) in [6, 6.07) is 5.58. The first-order valence-corrected chi connectivity index (χ1v) is 9.05. The molecule has 0 aliphatic carbocycles. The van der Waals surface area contributed by atoms with Crippen LogP contribution in [-0.4, -0.2) is 53.4 Å². The maximum Gasteiger partial charge on any atom is 0.356 e. The summed E-state index contributed by atoms with van der Waals surface area (Å²) in [5, 5.41) is 10.5. The highest BCUT2D eigenvalue weighted by atomic mass is 32.2. The molecule has 0 N–H and O–H groups in total. The van der Waals surface area contributed by atoms with Crippen molar-refractivity contribution >= 4 is 35.3 Å². The zero-order chi connectivity index (χ0) is 20.3. The van der Waals surface area contributed by atoms with Crippen molar-refractivity contribution in [2.75, 3.05) is 20.3 Å². The smallest absolute Gasteiger partial charge is 0.356 e. The third kappa shape index (κ3) is 4.15. The number of amides is 1. The molecule has 1 fully saturated rings. The van der Waals surface area contributed by atoms with Crippen LogP contribution >= 0.6 is 11.8 Å². The van der Waals surface area contributed by atoms with Gasteiger partial charge in [-0.15, -0.1) is 0 Å². The number of nitro benzene ring substituents is 1. The molecule has 1 atom stereocenters. The number of hydrogen-bond donors (Lipinski definition) is 0. The minimum Gasteiger partial charge on any atom is -0.458 e. The van der Waals surface area contributed by atoms with E-state index in [0.29, 0.717) is 16.9 Å². The van der Waals surface area contributed by atoms with Crippen LogP contribution < -0.4 is 0 Å². The number of fused-ring (bicyclic) bond motifs is 1. The zero-order valence-corrected chi connectivity index (χ0v) is 15.6. The monoisotopic (exact) mass is 408 g/mol. The molecular formula is C17H16N2O8S. The summed E-state index contributed by atoms with van der Waals surface area (Å²) in [6.07, 6.45) is 0.291. The Labute approximate surface area is 163 Å². The molecule has 0 radical (unpaired) electrons. The van der Waals surface area contributed by atoms with Gasteiger partial charge in [-0.25, -0.2) is 9.59 Å². The molecule has 1 amide bonds. The van der Waals surface area contributed by atoms with Gasteiger partial charge in [-0.05, 0) is 17.7 Å². The SMILES string of the molecule is COCC(=O)OCC1=C(C(=O)OCc2ccc([N+](=O)[O-])cc2)N2C(=O)C[C@H]2S1. The predicted octanol–water partition coefficient (Wildman–Crippen LogP) is 1.34. The molecule has 0 aromatic heterocycles. The number of carbonyl (C=O) groups is 3. The summed E-state index contributed by atoms with van der Waals surface area (Å²) in [6.45, 7) is -0.493. The third-order valence-electron chi connectivity index (χ3n) is 4.03. The number of rotatable bonds is 8. The molecule has 2 heterocycles. The summed E-state index contributed by atoms with van der Waals surface area (Å²) in [7, 11) is 1.36. The number of β-lactam (4-membered cyclic amide) rings is 1. The summed E-state index contributed by atoms with van der Waals surface area (Å²) < 4.78 is 15.0. The minimum absolute atomic E-state index is 0.0679. The van der Waals surface area contributed by atoms with Crippen LogP contribution in [0.5, 0.6) is 0 Å². The van der Waals surface area contributed by atoms with E-state index in [4.69, 9.17) is 9.47 Å². The Bertz CT molecular complexity index is 851. The molecule has 148 valence electrons. The van der Waals surface area contributed by atoms with Crippen LogP contribution in [0.2, 0.25) is 0 Å². The molecule has 1 aromatic rings. The highest BCUT2D eigenvalue weighted by Gasteiger charge is 2.49.